The van der Waals surface area contributed by atoms with Crippen LogP contribution in [-0.4, -0.2) is 53.6 Å². The fourth-order valence-corrected chi connectivity index (χ4v) is 5.64. The Kier molecular flexibility index (Phi) is 6.03. The number of H-pyrrole nitrogens is 1. The number of ether oxygens (including phenoxy) is 1. The van der Waals surface area contributed by atoms with Crippen LogP contribution in [0.15, 0.2) is 30.5 Å². The molecule has 1 saturated carbocycles. The van der Waals surface area contributed by atoms with Crippen molar-refractivity contribution in [1.29, 1.82) is 0 Å². The number of halogens is 1. The first-order valence-corrected chi connectivity index (χ1v) is 11.5. The SMILES string of the molecule is CCc1cc(O)ccc1C1CCC2C(c3ncc(C4=C[C@@H](COC)NC4)[nH]3)NNC2C1F. The van der Waals surface area contributed by atoms with Crippen molar-refractivity contribution in [3.63, 3.8) is 0 Å². The van der Waals surface area contributed by atoms with Crippen LogP contribution in [0.25, 0.3) is 5.57 Å². The van der Waals surface area contributed by atoms with Gasteiger partial charge in [0.2, 0.25) is 0 Å². The molecule has 5 N–H and O–H groups in total. The van der Waals surface area contributed by atoms with E-state index in [4.69, 9.17) is 4.74 Å². The summed E-state index contributed by atoms with van der Waals surface area (Å²) in [6.07, 6.45) is 5.50. The predicted octanol–water partition coefficient (Wildman–Crippen LogP) is 2.73. The van der Waals surface area contributed by atoms with Gasteiger partial charge in [0.1, 0.15) is 17.7 Å². The number of fused-ring (bicyclic) bond motifs is 1. The van der Waals surface area contributed by atoms with E-state index in [-0.39, 0.29) is 35.7 Å². The molecule has 3 aliphatic rings. The number of nitrogens with one attached hydrogen (secondary N) is 4. The largest absolute Gasteiger partial charge is 0.508 e. The van der Waals surface area contributed by atoms with Gasteiger partial charge in [-0.1, -0.05) is 19.1 Å². The average Bonchev–Trinajstić information content (AvgIpc) is 3.53. The summed E-state index contributed by atoms with van der Waals surface area (Å²) in [5.41, 5.74) is 10.8. The zero-order valence-corrected chi connectivity index (χ0v) is 18.6. The van der Waals surface area contributed by atoms with Crippen LogP contribution in [0.5, 0.6) is 5.75 Å². The van der Waals surface area contributed by atoms with Crippen molar-refractivity contribution >= 4 is 5.57 Å². The highest BCUT2D eigenvalue weighted by molar-refractivity contribution is 5.66. The maximum Gasteiger partial charge on any atom is 0.125 e. The number of hydrogen-bond donors (Lipinski definition) is 5. The highest BCUT2D eigenvalue weighted by Crippen LogP contribution is 2.45. The second kappa shape index (κ2) is 8.94. The fourth-order valence-electron chi connectivity index (χ4n) is 5.64. The summed E-state index contributed by atoms with van der Waals surface area (Å²) in [7, 11) is 1.70. The molecular weight excluding hydrogens is 409 g/mol. The number of imidazole rings is 1. The molecule has 5 unspecified atom stereocenters. The van der Waals surface area contributed by atoms with Crippen molar-refractivity contribution in [3.8, 4) is 5.75 Å². The molecule has 5 rings (SSSR count). The molecule has 2 fully saturated rings. The Labute approximate surface area is 187 Å². The van der Waals surface area contributed by atoms with E-state index in [2.05, 4.69) is 32.2 Å². The highest BCUT2D eigenvalue weighted by atomic mass is 19.1. The quantitative estimate of drug-likeness (QED) is 0.473. The van der Waals surface area contributed by atoms with E-state index < -0.39 is 6.17 Å². The molecule has 6 atom stereocenters. The van der Waals surface area contributed by atoms with Gasteiger partial charge in [0.25, 0.3) is 0 Å². The van der Waals surface area contributed by atoms with Crippen LogP contribution in [0.1, 0.15) is 54.4 Å². The standard InChI is InChI=1S/C24H32FN5O2/c1-3-13-9-16(31)4-5-17(13)18-6-7-19-22(21(18)25)29-30-23(19)24-27-11-20(28-24)14-8-15(12-32-2)26-10-14/h4-5,8-9,11,15,18-19,21-23,26,29-31H,3,6-7,10,12H2,1-2H3,(H,27,28)/t15-,18?,19?,21?,22?,23?/m0/s1. The van der Waals surface area contributed by atoms with Gasteiger partial charge in [-0.05, 0) is 48.1 Å². The molecule has 8 heteroatoms. The van der Waals surface area contributed by atoms with E-state index in [0.717, 1.165) is 48.5 Å². The van der Waals surface area contributed by atoms with Gasteiger partial charge in [-0.25, -0.2) is 14.8 Å². The minimum absolute atomic E-state index is 0.0526. The highest BCUT2D eigenvalue weighted by Gasteiger charge is 2.48. The molecule has 1 aliphatic carbocycles. The number of phenols is 1. The Morgan fingerprint density at radius 2 is 2.12 bits per heavy atom. The van der Waals surface area contributed by atoms with E-state index in [1.165, 1.54) is 5.57 Å². The van der Waals surface area contributed by atoms with Crippen molar-refractivity contribution < 1.29 is 14.2 Å². The summed E-state index contributed by atoms with van der Waals surface area (Å²) in [6, 6.07) is 5.22. The minimum Gasteiger partial charge on any atom is -0.508 e. The number of benzene rings is 1. The second-order valence-corrected chi connectivity index (χ2v) is 9.14. The Morgan fingerprint density at radius 3 is 2.94 bits per heavy atom. The van der Waals surface area contributed by atoms with Gasteiger partial charge < -0.3 is 20.1 Å². The second-order valence-electron chi connectivity index (χ2n) is 9.14. The van der Waals surface area contributed by atoms with Crippen molar-refractivity contribution in [1.82, 2.24) is 26.1 Å². The maximum absolute atomic E-state index is 15.7. The van der Waals surface area contributed by atoms with Crippen molar-refractivity contribution in [3.05, 3.63) is 53.1 Å². The van der Waals surface area contributed by atoms with Crippen LogP contribution < -0.4 is 16.2 Å². The predicted molar refractivity (Wildman–Crippen MR) is 121 cm³/mol. The number of aromatic hydroxyl groups is 1. The summed E-state index contributed by atoms with van der Waals surface area (Å²) >= 11 is 0. The summed E-state index contributed by atoms with van der Waals surface area (Å²) < 4.78 is 21.0. The number of nitrogens with zero attached hydrogens (tertiary/aromatic N) is 1. The first-order chi connectivity index (χ1) is 15.6. The van der Waals surface area contributed by atoms with Gasteiger partial charge in [0.15, 0.2) is 0 Å². The Bertz CT molecular complexity index is 993. The van der Waals surface area contributed by atoms with E-state index in [1.54, 1.807) is 19.2 Å². The van der Waals surface area contributed by atoms with Crippen LogP contribution in [0.4, 0.5) is 4.39 Å². The van der Waals surface area contributed by atoms with E-state index in [0.29, 0.717) is 6.61 Å². The molecule has 0 radical (unpaired) electrons. The molecule has 172 valence electrons. The lowest BCUT2D eigenvalue weighted by molar-refractivity contribution is 0.135. The van der Waals surface area contributed by atoms with Gasteiger partial charge in [0, 0.05) is 31.5 Å². The number of phenolic OH excluding ortho intramolecular Hbond substituents is 1. The lowest BCUT2D eigenvalue weighted by Gasteiger charge is -2.36. The first-order valence-electron chi connectivity index (χ1n) is 11.5. The normalized spacial score (nSPS) is 32.2. The number of alkyl halides is 1. The lowest BCUT2D eigenvalue weighted by atomic mass is 9.71. The number of rotatable bonds is 6. The van der Waals surface area contributed by atoms with Gasteiger partial charge in [-0.15, -0.1) is 0 Å². The van der Waals surface area contributed by atoms with E-state index in [9.17, 15) is 5.11 Å². The minimum atomic E-state index is -1.01. The zero-order valence-electron chi connectivity index (χ0n) is 18.6. The fraction of sp³-hybridized carbons (Fsp3) is 0.542. The average molecular weight is 442 g/mol. The molecule has 2 aliphatic heterocycles. The number of hydrazine groups is 1. The van der Waals surface area contributed by atoms with Gasteiger partial charge >= 0.3 is 0 Å². The zero-order chi connectivity index (χ0) is 22.2. The topological polar surface area (TPSA) is 94.2 Å². The molecule has 3 heterocycles. The van der Waals surface area contributed by atoms with Crippen LogP contribution in [-0.2, 0) is 11.2 Å². The first kappa shape index (κ1) is 21.6. The molecule has 32 heavy (non-hydrogen) atoms. The summed E-state index contributed by atoms with van der Waals surface area (Å²) in [5, 5.41) is 13.2. The monoisotopic (exact) mass is 441 g/mol. The Hall–Kier alpha value is -2.26. The van der Waals surface area contributed by atoms with Crippen molar-refractivity contribution in [2.75, 3.05) is 20.3 Å². The number of aromatic nitrogens is 2. The number of aromatic amines is 1. The molecule has 2 aromatic rings. The molecular formula is C24H32FN5O2. The van der Waals surface area contributed by atoms with Gasteiger partial charge in [-0.3, -0.25) is 5.43 Å². The Morgan fingerprint density at radius 1 is 1.25 bits per heavy atom. The van der Waals surface area contributed by atoms with Crippen LogP contribution in [0.2, 0.25) is 0 Å². The third-order valence-electron chi connectivity index (χ3n) is 7.28. The smallest absolute Gasteiger partial charge is 0.125 e. The molecule has 1 saturated heterocycles. The van der Waals surface area contributed by atoms with Gasteiger partial charge in [-0.2, -0.15) is 0 Å². The molecule has 0 bridgehead atoms. The van der Waals surface area contributed by atoms with Crippen LogP contribution >= 0.6 is 0 Å². The van der Waals surface area contributed by atoms with E-state index in [1.807, 2.05) is 19.2 Å². The van der Waals surface area contributed by atoms with Crippen molar-refractivity contribution in [2.24, 2.45) is 5.92 Å². The molecule has 0 spiro atoms. The number of methoxy groups -OCH3 is 1. The van der Waals surface area contributed by atoms with Crippen LogP contribution in [0, 0.1) is 5.92 Å². The van der Waals surface area contributed by atoms with E-state index >= 15 is 4.39 Å². The molecule has 7 nitrogen and oxygen atoms in total. The lowest BCUT2D eigenvalue weighted by Crippen LogP contribution is -2.45. The molecule has 0 amide bonds. The van der Waals surface area contributed by atoms with Crippen molar-refractivity contribution in [2.45, 2.75) is 56.4 Å². The third kappa shape index (κ3) is 3.85. The van der Waals surface area contributed by atoms with Crippen LogP contribution in [0.3, 0.4) is 0 Å². The van der Waals surface area contributed by atoms with Gasteiger partial charge in [0.05, 0.1) is 30.6 Å². The molecule has 1 aromatic carbocycles. The number of aryl methyl sites for hydroxylation is 1. The Balaban J connectivity index is 1.31. The summed E-state index contributed by atoms with van der Waals surface area (Å²) in [5.74, 6) is 1.05. The summed E-state index contributed by atoms with van der Waals surface area (Å²) in [4.78, 5) is 8.10. The summed E-state index contributed by atoms with van der Waals surface area (Å²) in [6.45, 7) is 3.46. The molecule has 1 aromatic heterocycles. The number of hydrogen-bond acceptors (Lipinski definition) is 6. The maximum atomic E-state index is 15.7. The third-order valence-corrected chi connectivity index (χ3v) is 7.28.